The summed E-state index contributed by atoms with van der Waals surface area (Å²) in [6, 6.07) is 8.15. The molecule has 0 aliphatic carbocycles. The largest absolute Gasteiger partial charge is 0.306 e. The first-order valence-corrected chi connectivity index (χ1v) is 7.13. The maximum atomic E-state index is 6.09. The molecular weight excluding hydrogens is 258 g/mol. The molecule has 0 fully saturated rings. The van der Waals surface area contributed by atoms with E-state index < -0.39 is 0 Å². The second kappa shape index (κ2) is 6.73. The van der Waals surface area contributed by atoms with E-state index in [0.717, 1.165) is 24.5 Å². The number of rotatable bonds is 6. The fourth-order valence-electron chi connectivity index (χ4n) is 2.10. The van der Waals surface area contributed by atoms with E-state index in [2.05, 4.69) is 36.5 Å². The molecule has 1 unspecified atom stereocenters. The zero-order valence-corrected chi connectivity index (χ0v) is 12.2. The van der Waals surface area contributed by atoms with Crippen molar-refractivity contribution in [3.05, 3.63) is 52.8 Å². The second-order valence-corrected chi connectivity index (χ2v) is 5.01. The molecule has 0 saturated carbocycles. The topological polar surface area (TPSA) is 29.9 Å². The Hall–Kier alpha value is -1.32. The molecule has 2 rings (SSSR count). The maximum Gasteiger partial charge on any atom is 0.0608 e. The summed E-state index contributed by atoms with van der Waals surface area (Å²) in [5.41, 5.74) is 2.36. The monoisotopic (exact) mass is 277 g/mol. The standard InChI is InChI=1S/C15H20ClN3/c1-3-8-17-15(12-6-5-7-14(16)9-12)13-10-18-19(4-2)11-13/h5-7,9-11,15,17H,3-4,8H2,1-2H3. The minimum Gasteiger partial charge on any atom is -0.306 e. The molecule has 0 aliphatic rings. The van der Waals surface area contributed by atoms with Gasteiger partial charge in [-0.25, -0.2) is 0 Å². The molecule has 1 aromatic carbocycles. The average molecular weight is 278 g/mol. The van der Waals surface area contributed by atoms with Gasteiger partial charge in [-0.05, 0) is 37.6 Å². The molecule has 0 radical (unpaired) electrons. The molecule has 19 heavy (non-hydrogen) atoms. The number of halogens is 1. The van der Waals surface area contributed by atoms with Crippen LogP contribution in [0.25, 0.3) is 0 Å². The number of benzene rings is 1. The molecule has 1 aromatic heterocycles. The number of hydrogen-bond donors (Lipinski definition) is 1. The molecule has 0 saturated heterocycles. The Morgan fingerprint density at radius 2 is 2.16 bits per heavy atom. The smallest absolute Gasteiger partial charge is 0.0608 e. The van der Waals surface area contributed by atoms with Crippen molar-refractivity contribution in [3.63, 3.8) is 0 Å². The molecule has 1 heterocycles. The Balaban J connectivity index is 2.29. The minimum absolute atomic E-state index is 0.152. The van der Waals surface area contributed by atoms with Crippen molar-refractivity contribution in [1.82, 2.24) is 15.1 Å². The summed E-state index contributed by atoms with van der Waals surface area (Å²) in [4.78, 5) is 0. The van der Waals surface area contributed by atoms with Crippen molar-refractivity contribution >= 4 is 11.6 Å². The predicted molar refractivity (Wildman–Crippen MR) is 79.5 cm³/mol. The van der Waals surface area contributed by atoms with Crippen LogP contribution in [0.4, 0.5) is 0 Å². The summed E-state index contributed by atoms with van der Waals surface area (Å²) in [6.45, 7) is 6.10. The molecular formula is C15H20ClN3. The van der Waals surface area contributed by atoms with Crippen LogP contribution in [0, 0.1) is 0 Å². The fourth-order valence-corrected chi connectivity index (χ4v) is 2.30. The lowest BCUT2D eigenvalue weighted by molar-refractivity contribution is 0.596. The first-order chi connectivity index (χ1) is 9.24. The number of aromatic nitrogens is 2. The van der Waals surface area contributed by atoms with E-state index in [1.165, 1.54) is 11.1 Å². The lowest BCUT2D eigenvalue weighted by Crippen LogP contribution is -2.22. The van der Waals surface area contributed by atoms with Gasteiger partial charge < -0.3 is 5.32 Å². The van der Waals surface area contributed by atoms with Gasteiger partial charge in [0.25, 0.3) is 0 Å². The van der Waals surface area contributed by atoms with Crippen molar-refractivity contribution in [1.29, 1.82) is 0 Å². The predicted octanol–water partition coefficient (Wildman–Crippen LogP) is 3.65. The van der Waals surface area contributed by atoms with Crippen LogP contribution in [-0.4, -0.2) is 16.3 Å². The summed E-state index contributed by atoms with van der Waals surface area (Å²) in [5, 5.41) is 8.68. The van der Waals surface area contributed by atoms with Gasteiger partial charge >= 0.3 is 0 Å². The zero-order valence-electron chi connectivity index (χ0n) is 11.4. The van der Waals surface area contributed by atoms with E-state index in [1.807, 2.05) is 29.1 Å². The summed E-state index contributed by atoms with van der Waals surface area (Å²) in [5.74, 6) is 0. The molecule has 4 heteroatoms. The van der Waals surface area contributed by atoms with Gasteiger partial charge in [0, 0.05) is 23.3 Å². The third kappa shape index (κ3) is 3.58. The van der Waals surface area contributed by atoms with E-state index in [0.29, 0.717) is 0 Å². The van der Waals surface area contributed by atoms with Crippen LogP contribution < -0.4 is 5.32 Å². The fraction of sp³-hybridized carbons (Fsp3) is 0.400. The van der Waals surface area contributed by atoms with Crippen molar-refractivity contribution < 1.29 is 0 Å². The third-order valence-corrected chi connectivity index (χ3v) is 3.33. The first kappa shape index (κ1) is 14.1. The van der Waals surface area contributed by atoms with Crippen LogP contribution in [0.1, 0.15) is 37.4 Å². The highest BCUT2D eigenvalue weighted by Gasteiger charge is 2.15. The van der Waals surface area contributed by atoms with E-state index >= 15 is 0 Å². The van der Waals surface area contributed by atoms with Gasteiger partial charge in [0.15, 0.2) is 0 Å². The molecule has 2 aromatic rings. The highest BCUT2D eigenvalue weighted by atomic mass is 35.5. The first-order valence-electron chi connectivity index (χ1n) is 6.75. The number of nitrogens with one attached hydrogen (secondary N) is 1. The minimum atomic E-state index is 0.152. The van der Waals surface area contributed by atoms with Crippen molar-refractivity contribution in [3.8, 4) is 0 Å². The quantitative estimate of drug-likeness (QED) is 0.874. The molecule has 0 amide bonds. The molecule has 1 atom stereocenters. The lowest BCUT2D eigenvalue weighted by Gasteiger charge is -2.17. The molecule has 0 bridgehead atoms. The Bertz CT molecular complexity index is 522. The van der Waals surface area contributed by atoms with Gasteiger partial charge in [0.2, 0.25) is 0 Å². The van der Waals surface area contributed by atoms with Gasteiger partial charge in [0.05, 0.1) is 12.2 Å². The van der Waals surface area contributed by atoms with Gasteiger partial charge in [0.1, 0.15) is 0 Å². The molecule has 102 valence electrons. The third-order valence-electron chi connectivity index (χ3n) is 3.09. The zero-order chi connectivity index (χ0) is 13.7. The van der Waals surface area contributed by atoms with Crippen molar-refractivity contribution in [2.24, 2.45) is 0 Å². The number of aryl methyl sites for hydroxylation is 1. The van der Waals surface area contributed by atoms with Crippen LogP contribution in [0.3, 0.4) is 0 Å². The normalized spacial score (nSPS) is 12.6. The van der Waals surface area contributed by atoms with E-state index in [1.54, 1.807) is 0 Å². The molecule has 0 aliphatic heterocycles. The number of nitrogens with zero attached hydrogens (tertiary/aromatic N) is 2. The van der Waals surface area contributed by atoms with Crippen LogP contribution in [0.15, 0.2) is 36.7 Å². The van der Waals surface area contributed by atoms with Crippen LogP contribution in [-0.2, 0) is 6.54 Å². The van der Waals surface area contributed by atoms with Crippen LogP contribution in [0.2, 0.25) is 5.02 Å². The van der Waals surface area contributed by atoms with Crippen LogP contribution in [0.5, 0.6) is 0 Å². The van der Waals surface area contributed by atoms with Gasteiger partial charge in [-0.1, -0.05) is 30.7 Å². The number of hydrogen-bond acceptors (Lipinski definition) is 2. The average Bonchev–Trinajstić information content (AvgIpc) is 2.88. The Labute approximate surface area is 119 Å². The summed E-state index contributed by atoms with van der Waals surface area (Å²) in [7, 11) is 0. The van der Waals surface area contributed by atoms with E-state index in [9.17, 15) is 0 Å². The molecule has 0 spiro atoms. The SMILES string of the molecule is CCCNC(c1cccc(Cl)c1)c1cnn(CC)c1. The Morgan fingerprint density at radius 1 is 1.32 bits per heavy atom. The lowest BCUT2D eigenvalue weighted by atomic mass is 10.0. The Kier molecular flexibility index (Phi) is 5.00. The maximum absolute atomic E-state index is 6.09. The van der Waals surface area contributed by atoms with E-state index in [4.69, 9.17) is 11.6 Å². The van der Waals surface area contributed by atoms with Gasteiger partial charge in [-0.15, -0.1) is 0 Å². The highest BCUT2D eigenvalue weighted by Crippen LogP contribution is 2.24. The second-order valence-electron chi connectivity index (χ2n) is 4.57. The van der Waals surface area contributed by atoms with Crippen molar-refractivity contribution in [2.75, 3.05) is 6.54 Å². The van der Waals surface area contributed by atoms with Crippen LogP contribution >= 0.6 is 11.6 Å². The Morgan fingerprint density at radius 3 is 2.79 bits per heavy atom. The van der Waals surface area contributed by atoms with Gasteiger partial charge in [-0.3, -0.25) is 4.68 Å². The van der Waals surface area contributed by atoms with Gasteiger partial charge in [-0.2, -0.15) is 5.10 Å². The molecule has 1 N–H and O–H groups in total. The summed E-state index contributed by atoms with van der Waals surface area (Å²) < 4.78 is 1.94. The summed E-state index contributed by atoms with van der Waals surface area (Å²) in [6.07, 6.45) is 5.12. The summed E-state index contributed by atoms with van der Waals surface area (Å²) >= 11 is 6.09. The van der Waals surface area contributed by atoms with E-state index in [-0.39, 0.29) is 6.04 Å². The molecule has 3 nitrogen and oxygen atoms in total. The van der Waals surface area contributed by atoms with Crippen molar-refractivity contribution in [2.45, 2.75) is 32.9 Å². The highest BCUT2D eigenvalue weighted by molar-refractivity contribution is 6.30.